The van der Waals surface area contributed by atoms with Gasteiger partial charge in [-0.15, -0.1) is 0 Å². The normalized spacial score (nSPS) is 13.3. The van der Waals surface area contributed by atoms with Crippen LogP contribution in [0, 0.1) is 0 Å². The smallest absolute Gasteiger partial charge is 0.337 e. The summed E-state index contributed by atoms with van der Waals surface area (Å²) in [6, 6.07) is 18.3. The summed E-state index contributed by atoms with van der Waals surface area (Å²) in [7, 11) is 1.41. The molecule has 0 saturated carbocycles. The van der Waals surface area contributed by atoms with E-state index in [0.29, 0.717) is 5.56 Å². The van der Waals surface area contributed by atoms with Crippen molar-refractivity contribution in [2.24, 2.45) is 0 Å². The van der Waals surface area contributed by atoms with Gasteiger partial charge in [0, 0.05) is 12.0 Å². The number of fused-ring (bicyclic) bond motifs is 1. The molecule has 0 fully saturated rings. The van der Waals surface area contributed by atoms with Crippen molar-refractivity contribution in [2.45, 2.75) is 32.4 Å². The van der Waals surface area contributed by atoms with E-state index in [1.165, 1.54) is 42.6 Å². The number of esters is 1. The minimum absolute atomic E-state index is 0.295. The van der Waals surface area contributed by atoms with Crippen LogP contribution in [0.1, 0.15) is 34.6 Å². The van der Waals surface area contributed by atoms with Crippen molar-refractivity contribution in [1.82, 2.24) is 4.57 Å². The van der Waals surface area contributed by atoms with Crippen LogP contribution in [-0.4, -0.2) is 17.6 Å². The summed E-state index contributed by atoms with van der Waals surface area (Å²) < 4.78 is 9.59. The summed E-state index contributed by atoms with van der Waals surface area (Å²) >= 11 is 0. The van der Waals surface area contributed by atoms with Crippen LogP contribution in [0.25, 0.3) is 11.3 Å². The van der Waals surface area contributed by atoms with Gasteiger partial charge in [0.15, 0.2) is 5.69 Å². The SMILES string of the molecule is COC(=O)c1ccc(C[n+]2cc(-c3ccccc3)n3c2CCCC3)cc1. The van der Waals surface area contributed by atoms with Crippen LogP contribution < -0.4 is 4.57 Å². The van der Waals surface area contributed by atoms with Crippen LogP contribution >= 0.6 is 0 Å². The Bertz CT molecular complexity index is 911. The fourth-order valence-corrected chi connectivity index (χ4v) is 3.70. The van der Waals surface area contributed by atoms with E-state index < -0.39 is 0 Å². The quantitative estimate of drug-likeness (QED) is 0.534. The number of ether oxygens (including phenoxy) is 1. The number of nitrogens with zero attached hydrogens (tertiary/aromatic N) is 2. The summed E-state index contributed by atoms with van der Waals surface area (Å²) in [5.41, 5.74) is 4.31. The fourth-order valence-electron chi connectivity index (χ4n) is 3.70. The minimum Gasteiger partial charge on any atom is -0.465 e. The molecule has 1 aliphatic heterocycles. The number of carbonyl (C=O) groups is 1. The summed E-state index contributed by atoms with van der Waals surface area (Å²) in [5, 5.41) is 0. The number of hydrogen-bond acceptors (Lipinski definition) is 2. The van der Waals surface area contributed by atoms with Crippen molar-refractivity contribution in [3.8, 4) is 11.3 Å². The van der Waals surface area contributed by atoms with Gasteiger partial charge < -0.3 is 4.74 Å². The van der Waals surface area contributed by atoms with Crippen LogP contribution in [0.4, 0.5) is 0 Å². The molecule has 26 heavy (non-hydrogen) atoms. The molecular weight excluding hydrogens is 324 g/mol. The van der Waals surface area contributed by atoms with E-state index >= 15 is 0 Å². The molecule has 4 heteroatoms. The highest BCUT2D eigenvalue weighted by atomic mass is 16.5. The van der Waals surface area contributed by atoms with Crippen molar-refractivity contribution in [2.75, 3.05) is 7.11 Å². The molecule has 0 bridgehead atoms. The van der Waals surface area contributed by atoms with Crippen molar-refractivity contribution < 1.29 is 14.1 Å². The monoisotopic (exact) mass is 347 g/mol. The maximum Gasteiger partial charge on any atom is 0.337 e. The standard InChI is InChI=1S/C22H23N2O2/c1-26-22(25)19-12-10-17(11-13-19)15-23-16-20(18-7-3-2-4-8-18)24-14-6-5-9-21(23)24/h2-4,7-8,10-13,16H,5-6,9,14-15H2,1H3/q+1. The third-order valence-corrected chi connectivity index (χ3v) is 5.04. The number of rotatable bonds is 4. The van der Waals surface area contributed by atoms with Crippen molar-refractivity contribution in [1.29, 1.82) is 0 Å². The first-order chi connectivity index (χ1) is 12.8. The average molecular weight is 347 g/mol. The Hall–Kier alpha value is -2.88. The summed E-state index contributed by atoms with van der Waals surface area (Å²) in [6.07, 6.45) is 5.84. The second-order valence-corrected chi connectivity index (χ2v) is 6.72. The molecule has 0 aliphatic carbocycles. The molecule has 3 aromatic rings. The van der Waals surface area contributed by atoms with E-state index in [-0.39, 0.29) is 5.97 Å². The van der Waals surface area contributed by atoms with Crippen LogP contribution in [-0.2, 0) is 24.2 Å². The maximum atomic E-state index is 11.6. The Labute approximate surface area is 153 Å². The zero-order valence-corrected chi connectivity index (χ0v) is 15.0. The minimum atomic E-state index is -0.295. The Kier molecular flexibility index (Phi) is 4.57. The Morgan fingerprint density at radius 2 is 1.85 bits per heavy atom. The van der Waals surface area contributed by atoms with Gasteiger partial charge >= 0.3 is 5.97 Å². The van der Waals surface area contributed by atoms with Gasteiger partial charge in [0.1, 0.15) is 12.7 Å². The number of imidazole rings is 1. The van der Waals surface area contributed by atoms with Gasteiger partial charge in [-0.2, -0.15) is 0 Å². The lowest BCUT2D eigenvalue weighted by molar-refractivity contribution is -0.695. The molecule has 1 aromatic heterocycles. The first kappa shape index (κ1) is 16.6. The van der Waals surface area contributed by atoms with Crippen molar-refractivity contribution in [3.63, 3.8) is 0 Å². The third-order valence-electron chi connectivity index (χ3n) is 5.04. The fraction of sp³-hybridized carbons (Fsp3) is 0.273. The van der Waals surface area contributed by atoms with Gasteiger partial charge in [0.25, 0.3) is 5.82 Å². The predicted octanol–water partition coefficient (Wildman–Crippen LogP) is 3.61. The molecule has 2 heterocycles. The highest BCUT2D eigenvalue weighted by Crippen LogP contribution is 2.24. The number of benzene rings is 2. The molecule has 0 spiro atoms. The van der Waals surface area contributed by atoms with Crippen LogP contribution in [0.3, 0.4) is 0 Å². The van der Waals surface area contributed by atoms with Crippen LogP contribution in [0.15, 0.2) is 60.8 Å². The first-order valence-corrected chi connectivity index (χ1v) is 9.11. The van der Waals surface area contributed by atoms with E-state index in [2.05, 4.69) is 45.7 Å². The summed E-state index contributed by atoms with van der Waals surface area (Å²) in [4.78, 5) is 11.6. The van der Waals surface area contributed by atoms with E-state index in [0.717, 1.165) is 19.5 Å². The molecule has 0 radical (unpaired) electrons. The Morgan fingerprint density at radius 1 is 1.08 bits per heavy atom. The molecule has 0 amide bonds. The molecule has 4 rings (SSSR count). The van der Waals surface area contributed by atoms with Gasteiger partial charge in [0.2, 0.25) is 0 Å². The molecule has 0 unspecified atom stereocenters. The lowest BCUT2D eigenvalue weighted by Crippen LogP contribution is -2.38. The van der Waals surface area contributed by atoms with Gasteiger partial charge in [-0.25, -0.2) is 13.9 Å². The molecule has 4 nitrogen and oxygen atoms in total. The molecule has 0 atom stereocenters. The van der Waals surface area contributed by atoms with Crippen LogP contribution in [0.5, 0.6) is 0 Å². The predicted molar refractivity (Wildman–Crippen MR) is 99.9 cm³/mol. The molecule has 0 N–H and O–H groups in total. The van der Waals surface area contributed by atoms with Gasteiger partial charge in [-0.1, -0.05) is 42.5 Å². The molecular formula is C22H23N2O2+. The summed E-state index contributed by atoms with van der Waals surface area (Å²) in [5.74, 6) is 1.09. The lowest BCUT2D eigenvalue weighted by atomic mass is 10.1. The Balaban J connectivity index is 1.66. The topological polar surface area (TPSA) is 35.1 Å². The third kappa shape index (κ3) is 3.15. The number of carbonyl (C=O) groups excluding carboxylic acids is 1. The number of methoxy groups -OCH3 is 1. The van der Waals surface area contributed by atoms with Gasteiger partial charge in [-0.05, 0) is 30.5 Å². The summed E-state index contributed by atoms with van der Waals surface area (Å²) in [6.45, 7) is 1.89. The number of hydrogen-bond donors (Lipinski definition) is 0. The number of aromatic nitrogens is 2. The van der Waals surface area contributed by atoms with Crippen LogP contribution in [0.2, 0.25) is 0 Å². The highest BCUT2D eigenvalue weighted by molar-refractivity contribution is 5.89. The zero-order valence-electron chi connectivity index (χ0n) is 15.0. The Morgan fingerprint density at radius 3 is 2.58 bits per heavy atom. The molecule has 2 aromatic carbocycles. The lowest BCUT2D eigenvalue weighted by Gasteiger charge is -2.11. The van der Waals surface area contributed by atoms with Gasteiger partial charge in [-0.3, -0.25) is 0 Å². The first-order valence-electron chi connectivity index (χ1n) is 9.11. The van der Waals surface area contributed by atoms with E-state index in [4.69, 9.17) is 4.74 Å². The molecule has 0 saturated heterocycles. The average Bonchev–Trinajstić information content (AvgIpc) is 3.07. The van der Waals surface area contributed by atoms with E-state index in [1.807, 2.05) is 24.3 Å². The second kappa shape index (κ2) is 7.16. The van der Waals surface area contributed by atoms with Crippen molar-refractivity contribution in [3.05, 3.63) is 77.7 Å². The second-order valence-electron chi connectivity index (χ2n) is 6.72. The van der Waals surface area contributed by atoms with Gasteiger partial charge in [0.05, 0.1) is 19.2 Å². The van der Waals surface area contributed by atoms with E-state index in [1.54, 1.807) is 0 Å². The van der Waals surface area contributed by atoms with Crippen molar-refractivity contribution >= 4 is 5.97 Å². The molecule has 1 aliphatic rings. The largest absolute Gasteiger partial charge is 0.465 e. The molecule has 132 valence electrons. The highest BCUT2D eigenvalue weighted by Gasteiger charge is 2.26. The van der Waals surface area contributed by atoms with E-state index in [9.17, 15) is 4.79 Å². The zero-order chi connectivity index (χ0) is 17.9. The maximum absolute atomic E-state index is 11.6.